The molecule has 1 unspecified atom stereocenters. The number of likely N-dealkylation sites (N-methyl/N-ethyl adjacent to an activating group) is 1. The highest BCUT2D eigenvalue weighted by molar-refractivity contribution is 14.0. The van der Waals surface area contributed by atoms with Crippen LogP contribution in [0.4, 0.5) is 0 Å². The van der Waals surface area contributed by atoms with E-state index in [1.165, 1.54) is 11.1 Å². The number of benzene rings is 2. The van der Waals surface area contributed by atoms with Gasteiger partial charge in [-0.05, 0) is 31.6 Å². The van der Waals surface area contributed by atoms with Crippen molar-refractivity contribution in [1.29, 1.82) is 0 Å². The predicted octanol–water partition coefficient (Wildman–Crippen LogP) is 3.05. The standard InChI is InChI=1S/C19H26N4.HI/c1-23(2)18(17-11-7-4-8-12-17)15-22-19(20)21-14-13-16-9-5-3-6-10-16;/h3-12,18H,13-15H2,1-2H3,(H3,20,21,22);1H. The van der Waals surface area contributed by atoms with E-state index in [0.717, 1.165) is 13.0 Å². The smallest absolute Gasteiger partial charge is 0.188 e. The Labute approximate surface area is 162 Å². The first kappa shape index (κ1) is 20.4. The lowest BCUT2D eigenvalue weighted by Crippen LogP contribution is -2.34. The maximum absolute atomic E-state index is 5.98. The highest BCUT2D eigenvalue weighted by Gasteiger charge is 2.12. The summed E-state index contributed by atoms with van der Waals surface area (Å²) < 4.78 is 0. The van der Waals surface area contributed by atoms with Crippen molar-refractivity contribution in [2.75, 3.05) is 27.2 Å². The molecule has 5 heteroatoms. The first-order chi connectivity index (χ1) is 11.2. The Morgan fingerprint density at radius 3 is 2.21 bits per heavy atom. The van der Waals surface area contributed by atoms with Crippen LogP contribution in [0.1, 0.15) is 17.2 Å². The van der Waals surface area contributed by atoms with Crippen molar-refractivity contribution in [2.45, 2.75) is 12.5 Å². The van der Waals surface area contributed by atoms with Crippen LogP contribution in [0, 0.1) is 0 Å². The van der Waals surface area contributed by atoms with Gasteiger partial charge in [-0.1, -0.05) is 60.7 Å². The van der Waals surface area contributed by atoms with E-state index in [0.29, 0.717) is 12.5 Å². The first-order valence-corrected chi connectivity index (χ1v) is 7.96. The van der Waals surface area contributed by atoms with Crippen molar-refractivity contribution < 1.29 is 0 Å². The Bertz CT molecular complexity index is 599. The zero-order valence-corrected chi connectivity index (χ0v) is 16.7. The van der Waals surface area contributed by atoms with Crippen LogP contribution in [-0.2, 0) is 6.42 Å². The zero-order valence-electron chi connectivity index (χ0n) is 14.4. The molecule has 0 radical (unpaired) electrons. The average Bonchev–Trinajstić information content (AvgIpc) is 2.57. The third kappa shape index (κ3) is 6.88. The number of hydrogen-bond donors (Lipinski definition) is 2. The summed E-state index contributed by atoms with van der Waals surface area (Å²) in [5.74, 6) is 0.503. The third-order valence-corrected chi connectivity index (χ3v) is 3.80. The minimum Gasteiger partial charge on any atom is -0.370 e. The van der Waals surface area contributed by atoms with Gasteiger partial charge in [0.05, 0.1) is 12.6 Å². The van der Waals surface area contributed by atoms with Gasteiger partial charge in [0.25, 0.3) is 0 Å². The summed E-state index contributed by atoms with van der Waals surface area (Å²) in [7, 11) is 4.12. The molecule has 3 N–H and O–H groups in total. The van der Waals surface area contributed by atoms with E-state index < -0.39 is 0 Å². The second-order valence-electron chi connectivity index (χ2n) is 5.78. The molecule has 0 aromatic heterocycles. The molecular weight excluding hydrogens is 411 g/mol. The fraction of sp³-hybridized carbons (Fsp3) is 0.316. The molecule has 0 aliphatic heterocycles. The van der Waals surface area contributed by atoms with Gasteiger partial charge in [0.1, 0.15) is 0 Å². The molecule has 130 valence electrons. The zero-order chi connectivity index (χ0) is 16.5. The van der Waals surface area contributed by atoms with Gasteiger partial charge >= 0.3 is 0 Å². The van der Waals surface area contributed by atoms with Gasteiger partial charge in [-0.3, -0.25) is 4.99 Å². The van der Waals surface area contributed by atoms with Crippen molar-refractivity contribution in [3.8, 4) is 0 Å². The van der Waals surface area contributed by atoms with E-state index in [4.69, 9.17) is 5.73 Å². The van der Waals surface area contributed by atoms with E-state index in [9.17, 15) is 0 Å². The number of nitrogens with zero attached hydrogens (tertiary/aromatic N) is 2. The second kappa shape index (κ2) is 11.0. The summed E-state index contributed by atoms with van der Waals surface area (Å²) in [5, 5.41) is 3.19. The first-order valence-electron chi connectivity index (χ1n) is 7.96. The highest BCUT2D eigenvalue weighted by atomic mass is 127. The number of aliphatic imine (C=N–C) groups is 1. The third-order valence-electron chi connectivity index (χ3n) is 3.80. The molecule has 0 bridgehead atoms. The van der Waals surface area contributed by atoms with Crippen LogP contribution in [0.25, 0.3) is 0 Å². The normalized spacial score (nSPS) is 12.5. The number of guanidine groups is 1. The molecule has 1 atom stereocenters. The highest BCUT2D eigenvalue weighted by Crippen LogP contribution is 2.17. The summed E-state index contributed by atoms with van der Waals surface area (Å²) in [5.41, 5.74) is 8.53. The molecule has 0 spiro atoms. The maximum Gasteiger partial charge on any atom is 0.188 e. The van der Waals surface area contributed by atoms with Gasteiger partial charge in [-0.25, -0.2) is 0 Å². The van der Waals surface area contributed by atoms with Gasteiger partial charge < -0.3 is 16.0 Å². The van der Waals surface area contributed by atoms with Crippen LogP contribution < -0.4 is 11.1 Å². The quantitative estimate of drug-likeness (QED) is 0.397. The molecule has 0 saturated heterocycles. The van der Waals surface area contributed by atoms with Crippen LogP contribution in [-0.4, -0.2) is 38.0 Å². The average molecular weight is 438 g/mol. The van der Waals surface area contributed by atoms with Crippen molar-refractivity contribution in [1.82, 2.24) is 10.2 Å². The predicted molar refractivity (Wildman–Crippen MR) is 113 cm³/mol. The largest absolute Gasteiger partial charge is 0.370 e. The van der Waals surface area contributed by atoms with Crippen LogP contribution in [0.15, 0.2) is 65.7 Å². The summed E-state index contributed by atoms with van der Waals surface area (Å²) in [6, 6.07) is 21.0. The lowest BCUT2D eigenvalue weighted by Gasteiger charge is -2.23. The maximum atomic E-state index is 5.98. The number of rotatable bonds is 7. The summed E-state index contributed by atoms with van der Waals surface area (Å²) in [6.07, 6.45) is 0.937. The molecule has 0 heterocycles. The molecule has 2 rings (SSSR count). The van der Waals surface area contributed by atoms with Crippen molar-refractivity contribution in [3.05, 3.63) is 71.8 Å². The number of halogens is 1. The molecule has 0 amide bonds. The molecule has 0 saturated carbocycles. The fourth-order valence-corrected chi connectivity index (χ4v) is 2.46. The van der Waals surface area contributed by atoms with Crippen molar-refractivity contribution >= 4 is 29.9 Å². The van der Waals surface area contributed by atoms with Gasteiger partial charge in [-0.2, -0.15) is 0 Å². The molecule has 2 aromatic rings. The monoisotopic (exact) mass is 438 g/mol. The second-order valence-corrected chi connectivity index (χ2v) is 5.78. The topological polar surface area (TPSA) is 53.6 Å². The van der Waals surface area contributed by atoms with Gasteiger partial charge in [0, 0.05) is 6.54 Å². The van der Waals surface area contributed by atoms with Crippen LogP contribution in [0.2, 0.25) is 0 Å². The lowest BCUT2D eigenvalue weighted by atomic mass is 10.1. The molecular formula is C19H27IN4. The molecule has 0 fully saturated rings. The van der Waals surface area contributed by atoms with Crippen molar-refractivity contribution in [3.63, 3.8) is 0 Å². The van der Waals surface area contributed by atoms with E-state index in [-0.39, 0.29) is 30.0 Å². The summed E-state index contributed by atoms with van der Waals surface area (Å²) in [6.45, 7) is 1.43. The summed E-state index contributed by atoms with van der Waals surface area (Å²) >= 11 is 0. The van der Waals surface area contributed by atoms with Crippen LogP contribution in [0.5, 0.6) is 0 Å². The van der Waals surface area contributed by atoms with E-state index in [2.05, 4.69) is 65.7 Å². The van der Waals surface area contributed by atoms with Crippen LogP contribution >= 0.6 is 24.0 Å². The molecule has 24 heavy (non-hydrogen) atoms. The lowest BCUT2D eigenvalue weighted by molar-refractivity contribution is 0.306. The van der Waals surface area contributed by atoms with E-state index in [1.807, 2.05) is 24.3 Å². The van der Waals surface area contributed by atoms with Gasteiger partial charge in [0.15, 0.2) is 5.96 Å². The molecule has 4 nitrogen and oxygen atoms in total. The van der Waals surface area contributed by atoms with Gasteiger partial charge in [0.2, 0.25) is 0 Å². The van der Waals surface area contributed by atoms with Crippen LogP contribution in [0.3, 0.4) is 0 Å². The minimum atomic E-state index is 0. The number of nitrogens with one attached hydrogen (secondary N) is 1. The van der Waals surface area contributed by atoms with E-state index in [1.54, 1.807) is 0 Å². The Kier molecular flexibility index (Phi) is 9.41. The molecule has 0 aliphatic carbocycles. The Morgan fingerprint density at radius 2 is 1.62 bits per heavy atom. The molecule has 2 aromatic carbocycles. The fourth-order valence-electron chi connectivity index (χ4n) is 2.46. The van der Waals surface area contributed by atoms with Gasteiger partial charge in [-0.15, -0.1) is 24.0 Å². The molecule has 0 aliphatic rings. The number of hydrogen-bond acceptors (Lipinski definition) is 2. The Hall–Kier alpha value is -1.60. The SMILES string of the molecule is CN(C)C(CN=C(N)NCCc1ccccc1)c1ccccc1.I. The minimum absolute atomic E-state index is 0. The van der Waals surface area contributed by atoms with E-state index >= 15 is 0 Å². The Balaban J connectivity index is 0.00000288. The Morgan fingerprint density at radius 1 is 1.04 bits per heavy atom. The number of nitrogens with two attached hydrogens (primary N) is 1. The summed E-state index contributed by atoms with van der Waals surface area (Å²) in [4.78, 5) is 6.66. The van der Waals surface area contributed by atoms with Crippen molar-refractivity contribution in [2.24, 2.45) is 10.7 Å².